The Morgan fingerprint density at radius 2 is 2.00 bits per heavy atom. The van der Waals surface area contributed by atoms with E-state index in [1.165, 1.54) is 5.56 Å². The molecule has 0 aliphatic carbocycles. The molecule has 2 saturated heterocycles. The van der Waals surface area contributed by atoms with Gasteiger partial charge in [-0.15, -0.1) is 0 Å². The van der Waals surface area contributed by atoms with E-state index in [9.17, 15) is 4.79 Å². The van der Waals surface area contributed by atoms with Crippen LogP contribution in [0.2, 0.25) is 5.02 Å². The van der Waals surface area contributed by atoms with Crippen LogP contribution in [0.3, 0.4) is 0 Å². The normalized spacial score (nSPS) is 22.5. The lowest BCUT2D eigenvalue weighted by Gasteiger charge is -2.35. The maximum atomic E-state index is 12.3. The molecule has 2 heterocycles. The number of rotatable bonds is 5. The van der Waals surface area contributed by atoms with Crippen molar-refractivity contribution in [2.45, 2.75) is 31.8 Å². The molecule has 1 aromatic rings. The summed E-state index contributed by atoms with van der Waals surface area (Å²) < 4.78 is 5.50. The van der Waals surface area contributed by atoms with Gasteiger partial charge in [0, 0.05) is 37.8 Å². The molecule has 0 radical (unpaired) electrons. The van der Waals surface area contributed by atoms with Gasteiger partial charge in [0.2, 0.25) is 0 Å². The Morgan fingerprint density at radius 3 is 2.70 bits per heavy atom. The first-order valence-corrected chi connectivity index (χ1v) is 8.98. The summed E-state index contributed by atoms with van der Waals surface area (Å²) in [4.78, 5) is 16.7. The maximum Gasteiger partial charge on any atom is 0.251 e. The number of aryl methyl sites for hydroxylation is 1. The van der Waals surface area contributed by atoms with Crippen LogP contribution in [0.15, 0.2) is 24.3 Å². The van der Waals surface area contributed by atoms with E-state index in [0.29, 0.717) is 0 Å². The lowest BCUT2D eigenvalue weighted by molar-refractivity contribution is -0.142. The number of hydrogen-bond donors (Lipinski definition) is 0. The molecular formula is C18H25ClN2O2. The summed E-state index contributed by atoms with van der Waals surface area (Å²) in [6, 6.07) is 8.06. The van der Waals surface area contributed by atoms with Crippen molar-refractivity contribution in [3.8, 4) is 0 Å². The molecule has 0 aromatic heterocycles. The first-order valence-electron chi connectivity index (χ1n) is 8.60. The number of carbonyl (C=O) groups is 1. The number of carbonyl (C=O) groups excluding carboxylic acids is 1. The van der Waals surface area contributed by atoms with Crippen molar-refractivity contribution >= 4 is 17.5 Å². The third-order valence-electron chi connectivity index (χ3n) is 4.77. The van der Waals surface area contributed by atoms with Gasteiger partial charge in [-0.05, 0) is 43.9 Å². The molecule has 3 rings (SSSR count). The third-order valence-corrected chi connectivity index (χ3v) is 5.14. The molecule has 0 saturated carbocycles. The van der Waals surface area contributed by atoms with E-state index < -0.39 is 0 Å². The van der Waals surface area contributed by atoms with Crippen LogP contribution in [0, 0.1) is 0 Å². The third kappa shape index (κ3) is 4.46. The SMILES string of the molecule is O=C(C1CCCO1)N1CCN(CCCc2ccccc2Cl)CC1. The Kier molecular flexibility index (Phi) is 5.92. The minimum Gasteiger partial charge on any atom is -0.368 e. The zero-order valence-electron chi connectivity index (χ0n) is 13.5. The zero-order chi connectivity index (χ0) is 16.1. The van der Waals surface area contributed by atoms with Crippen LogP contribution in [-0.4, -0.2) is 61.1 Å². The lowest BCUT2D eigenvalue weighted by Crippen LogP contribution is -2.51. The van der Waals surface area contributed by atoms with E-state index in [-0.39, 0.29) is 12.0 Å². The maximum absolute atomic E-state index is 12.3. The molecule has 0 bridgehead atoms. The van der Waals surface area contributed by atoms with Gasteiger partial charge in [0.25, 0.3) is 5.91 Å². The molecule has 1 aromatic carbocycles. The Balaban J connectivity index is 1.37. The Morgan fingerprint density at radius 1 is 1.22 bits per heavy atom. The molecule has 0 N–H and O–H groups in total. The molecule has 2 aliphatic heterocycles. The first-order chi connectivity index (χ1) is 11.2. The van der Waals surface area contributed by atoms with Crippen molar-refractivity contribution in [3.63, 3.8) is 0 Å². The number of halogens is 1. The Labute approximate surface area is 143 Å². The molecule has 0 spiro atoms. The fourth-order valence-electron chi connectivity index (χ4n) is 3.36. The minimum absolute atomic E-state index is 0.179. The van der Waals surface area contributed by atoms with Crippen LogP contribution in [0.5, 0.6) is 0 Å². The van der Waals surface area contributed by atoms with Gasteiger partial charge in [-0.3, -0.25) is 9.69 Å². The second-order valence-corrected chi connectivity index (χ2v) is 6.77. The van der Waals surface area contributed by atoms with E-state index in [1.54, 1.807) is 0 Å². The summed E-state index contributed by atoms with van der Waals surface area (Å²) in [5.41, 5.74) is 1.22. The Hall–Kier alpha value is -1.10. The summed E-state index contributed by atoms with van der Waals surface area (Å²) in [6.45, 7) is 5.36. The number of benzene rings is 1. The first kappa shape index (κ1) is 16.7. The van der Waals surface area contributed by atoms with Crippen LogP contribution in [0.1, 0.15) is 24.8 Å². The van der Waals surface area contributed by atoms with Gasteiger partial charge >= 0.3 is 0 Å². The highest BCUT2D eigenvalue weighted by atomic mass is 35.5. The summed E-state index contributed by atoms with van der Waals surface area (Å²) in [7, 11) is 0. The van der Waals surface area contributed by atoms with E-state index >= 15 is 0 Å². The van der Waals surface area contributed by atoms with E-state index in [0.717, 1.165) is 70.0 Å². The zero-order valence-corrected chi connectivity index (χ0v) is 14.3. The second-order valence-electron chi connectivity index (χ2n) is 6.36. The van der Waals surface area contributed by atoms with Crippen molar-refractivity contribution < 1.29 is 9.53 Å². The summed E-state index contributed by atoms with van der Waals surface area (Å²) in [5.74, 6) is 0.193. The average Bonchev–Trinajstić information content (AvgIpc) is 3.11. The predicted molar refractivity (Wildman–Crippen MR) is 91.8 cm³/mol. The van der Waals surface area contributed by atoms with Crippen LogP contribution < -0.4 is 0 Å². The van der Waals surface area contributed by atoms with Gasteiger partial charge in [-0.1, -0.05) is 29.8 Å². The highest BCUT2D eigenvalue weighted by molar-refractivity contribution is 6.31. The van der Waals surface area contributed by atoms with Crippen molar-refractivity contribution in [3.05, 3.63) is 34.9 Å². The van der Waals surface area contributed by atoms with Gasteiger partial charge in [0.1, 0.15) is 6.10 Å². The summed E-state index contributed by atoms with van der Waals surface area (Å²) in [6.07, 6.45) is 3.83. The molecular weight excluding hydrogens is 312 g/mol. The van der Waals surface area contributed by atoms with Crippen molar-refractivity contribution in [2.75, 3.05) is 39.3 Å². The fourth-order valence-corrected chi connectivity index (χ4v) is 3.59. The average molecular weight is 337 g/mol. The number of nitrogens with zero attached hydrogens (tertiary/aromatic N) is 2. The molecule has 5 heteroatoms. The number of ether oxygens (including phenoxy) is 1. The lowest BCUT2D eigenvalue weighted by atomic mass is 10.1. The number of amides is 1. The molecule has 2 fully saturated rings. The van der Waals surface area contributed by atoms with E-state index in [4.69, 9.17) is 16.3 Å². The van der Waals surface area contributed by atoms with Crippen molar-refractivity contribution in [1.82, 2.24) is 9.80 Å². The Bertz CT molecular complexity index is 524. The van der Waals surface area contributed by atoms with Gasteiger partial charge in [0.05, 0.1) is 0 Å². The summed E-state index contributed by atoms with van der Waals surface area (Å²) >= 11 is 6.19. The molecule has 1 amide bonds. The standard InChI is InChI=1S/C18H25ClN2O2/c19-16-7-2-1-5-15(16)6-3-9-20-10-12-21(13-11-20)18(22)17-8-4-14-23-17/h1-2,5,7,17H,3-4,6,8-14H2. The van der Waals surface area contributed by atoms with Crippen LogP contribution in [0.4, 0.5) is 0 Å². The van der Waals surface area contributed by atoms with Gasteiger partial charge in [0.15, 0.2) is 0 Å². The predicted octanol–water partition coefficient (Wildman–Crippen LogP) is 2.60. The van der Waals surface area contributed by atoms with Crippen LogP contribution in [0.25, 0.3) is 0 Å². The van der Waals surface area contributed by atoms with Crippen molar-refractivity contribution in [1.29, 1.82) is 0 Å². The van der Waals surface area contributed by atoms with Crippen LogP contribution >= 0.6 is 11.6 Å². The van der Waals surface area contributed by atoms with Crippen LogP contribution in [-0.2, 0) is 16.0 Å². The quantitative estimate of drug-likeness (QED) is 0.828. The molecule has 2 aliphatic rings. The smallest absolute Gasteiger partial charge is 0.251 e. The summed E-state index contributed by atoms with van der Waals surface area (Å²) in [5, 5.41) is 0.861. The fraction of sp³-hybridized carbons (Fsp3) is 0.611. The van der Waals surface area contributed by atoms with Gasteiger partial charge in [-0.2, -0.15) is 0 Å². The van der Waals surface area contributed by atoms with E-state index in [2.05, 4.69) is 11.0 Å². The molecule has 1 atom stereocenters. The molecule has 4 nitrogen and oxygen atoms in total. The second kappa shape index (κ2) is 8.13. The molecule has 126 valence electrons. The largest absolute Gasteiger partial charge is 0.368 e. The number of hydrogen-bond acceptors (Lipinski definition) is 3. The molecule has 1 unspecified atom stereocenters. The molecule has 23 heavy (non-hydrogen) atoms. The monoisotopic (exact) mass is 336 g/mol. The van der Waals surface area contributed by atoms with Crippen molar-refractivity contribution in [2.24, 2.45) is 0 Å². The number of piperazine rings is 1. The highest BCUT2D eigenvalue weighted by Gasteiger charge is 2.30. The van der Waals surface area contributed by atoms with Gasteiger partial charge in [-0.25, -0.2) is 0 Å². The van der Waals surface area contributed by atoms with E-state index in [1.807, 2.05) is 23.1 Å². The highest BCUT2D eigenvalue weighted by Crippen LogP contribution is 2.18. The minimum atomic E-state index is -0.179. The topological polar surface area (TPSA) is 32.8 Å². The van der Waals surface area contributed by atoms with Gasteiger partial charge < -0.3 is 9.64 Å².